The Morgan fingerprint density at radius 2 is 2.06 bits per heavy atom. The highest BCUT2D eigenvalue weighted by Gasteiger charge is 2.18. The third-order valence-electron chi connectivity index (χ3n) is 2.79. The molecular weight excluding hydrogens is 273 g/mol. The molecule has 1 aromatic carbocycles. The molecule has 0 bridgehead atoms. The van der Waals surface area contributed by atoms with Gasteiger partial charge >= 0.3 is 0 Å². The van der Waals surface area contributed by atoms with Crippen LogP contribution in [0.4, 0.5) is 4.39 Å². The molecule has 0 N–H and O–H groups in total. The molecule has 1 fully saturated rings. The van der Waals surface area contributed by atoms with Crippen molar-refractivity contribution >= 4 is 21.7 Å². The number of hydrogen-bond acceptors (Lipinski definition) is 2. The first-order valence-electron chi connectivity index (χ1n) is 5.37. The Kier molecular flexibility index (Phi) is 3.71. The predicted octanol–water partition coefficient (Wildman–Crippen LogP) is 2.87. The first-order chi connectivity index (χ1) is 7.66. The van der Waals surface area contributed by atoms with Gasteiger partial charge in [-0.2, -0.15) is 0 Å². The fourth-order valence-electron chi connectivity index (χ4n) is 1.94. The SMILES string of the molecule is O=C(CN1CCCC1)c1cc(Br)ccc1F. The highest BCUT2D eigenvalue weighted by atomic mass is 79.9. The standard InChI is InChI=1S/C12H13BrFNO/c13-9-3-4-11(14)10(7-9)12(16)8-15-5-1-2-6-15/h3-4,7H,1-2,5-6,8H2. The van der Waals surface area contributed by atoms with Gasteiger partial charge in [-0.05, 0) is 44.1 Å². The van der Waals surface area contributed by atoms with Crippen molar-refractivity contribution in [3.8, 4) is 0 Å². The van der Waals surface area contributed by atoms with Crippen LogP contribution in [0.5, 0.6) is 0 Å². The summed E-state index contributed by atoms with van der Waals surface area (Å²) in [4.78, 5) is 13.9. The molecule has 2 rings (SSSR count). The van der Waals surface area contributed by atoms with Gasteiger partial charge in [0.05, 0.1) is 12.1 Å². The van der Waals surface area contributed by atoms with Gasteiger partial charge < -0.3 is 0 Å². The molecule has 1 aliphatic heterocycles. The number of rotatable bonds is 3. The lowest BCUT2D eigenvalue weighted by Crippen LogP contribution is -2.27. The summed E-state index contributed by atoms with van der Waals surface area (Å²) in [5.41, 5.74) is 0.182. The van der Waals surface area contributed by atoms with Crippen LogP contribution in [-0.2, 0) is 0 Å². The topological polar surface area (TPSA) is 20.3 Å². The molecule has 0 atom stereocenters. The molecule has 2 nitrogen and oxygen atoms in total. The van der Waals surface area contributed by atoms with Crippen molar-refractivity contribution in [3.05, 3.63) is 34.1 Å². The highest BCUT2D eigenvalue weighted by Crippen LogP contribution is 2.17. The van der Waals surface area contributed by atoms with Crippen molar-refractivity contribution in [3.63, 3.8) is 0 Å². The van der Waals surface area contributed by atoms with Gasteiger partial charge in [0, 0.05) is 4.47 Å². The van der Waals surface area contributed by atoms with E-state index in [4.69, 9.17) is 0 Å². The van der Waals surface area contributed by atoms with Gasteiger partial charge in [-0.3, -0.25) is 9.69 Å². The van der Waals surface area contributed by atoms with Crippen LogP contribution in [0, 0.1) is 5.82 Å². The minimum atomic E-state index is -0.438. The minimum absolute atomic E-state index is 0.138. The number of carbonyl (C=O) groups excluding carboxylic acids is 1. The van der Waals surface area contributed by atoms with E-state index in [0.717, 1.165) is 30.4 Å². The maximum atomic E-state index is 13.4. The normalized spacial score (nSPS) is 16.6. The molecule has 0 amide bonds. The number of nitrogens with zero attached hydrogens (tertiary/aromatic N) is 1. The number of hydrogen-bond donors (Lipinski definition) is 0. The zero-order valence-electron chi connectivity index (χ0n) is 8.88. The molecule has 0 unspecified atom stereocenters. The van der Waals surface area contributed by atoms with Crippen LogP contribution in [0.2, 0.25) is 0 Å². The molecule has 1 aliphatic rings. The van der Waals surface area contributed by atoms with E-state index < -0.39 is 5.82 Å². The Hall–Kier alpha value is -0.740. The van der Waals surface area contributed by atoms with E-state index in [0.29, 0.717) is 6.54 Å². The summed E-state index contributed by atoms with van der Waals surface area (Å²) in [6.45, 7) is 2.22. The first kappa shape index (κ1) is 11.7. The summed E-state index contributed by atoms with van der Waals surface area (Å²) in [6.07, 6.45) is 2.27. The maximum Gasteiger partial charge on any atom is 0.179 e. The quantitative estimate of drug-likeness (QED) is 0.796. The molecule has 1 saturated heterocycles. The van der Waals surface area contributed by atoms with Gasteiger partial charge in [0.15, 0.2) is 5.78 Å². The van der Waals surface area contributed by atoms with Gasteiger partial charge in [-0.15, -0.1) is 0 Å². The molecule has 1 aromatic rings. The van der Waals surface area contributed by atoms with Crippen LogP contribution in [-0.4, -0.2) is 30.3 Å². The molecule has 16 heavy (non-hydrogen) atoms. The first-order valence-corrected chi connectivity index (χ1v) is 6.17. The lowest BCUT2D eigenvalue weighted by atomic mass is 10.1. The summed E-state index contributed by atoms with van der Waals surface area (Å²) < 4.78 is 14.2. The molecule has 0 aliphatic carbocycles. The number of ketones is 1. The number of halogens is 2. The molecule has 86 valence electrons. The number of benzene rings is 1. The van der Waals surface area contributed by atoms with Crippen molar-refractivity contribution in [1.82, 2.24) is 4.90 Å². The fraction of sp³-hybridized carbons (Fsp3) is 0.417. The summed E-state index contributed by atoms with van der Waals surface area (Å²) in [5.74, 6) is -0.576. The van der Waals surface area contributed by atoms with E-state index in [1.807, 2.05) is 0 Å². The number of Topliss-reactive ketones (excluding diaryl/α,β-unsaturated/α-hetero) is 1. The van der Waals surface area contributed by atoms with Crippen molar-refractivity contribution < 1.29 is 9.18 Å². The van der Waals surface area contributed by atoms with Gasteiger partial charge in [-0.1, -0.05) is 15.9 Å². The minimum Gasteiger partial charge on any atom is -0.296 e. The van der Waals surface area contributed by atoms with Crippen molar-refractivity contribution in [2.75, 3.05) is 19.6 Å². The van der Waals surface area contributed by atoms with Gasteiger partial charge in [0.25, 0.3) is 0 Å². The average Bonchev–Trinajstić information content (AvgIpc) is 2.74. The molecule has 0 spiro atoms. The van der Waals surface area contributed by atoms with E-state index >= 15 is 0 Å². The molecule has 1 heterocycles. The fourth-order valence-corrected chi connectivity index (χ4v) is 2.30. The Morgan fingerprint density at radius 1 is 1.38 bits per heavy atom. The van der Waals surface area contributed by atoms with E-state index in [-0.39, 0.29) is 11.3 Å². The Balaban J connectivity index is 2.10. The van der Waals surface area contributed by atoms with Crippen LogP contribution in [0.25, 0.3) is 0 Å². The predicted molar refractivity (Wildman–Crippen MR) is 64.1 cm³/mol. The van der Waals surface area contributed by atoms with Gasteiger partial charge in [0.1, 0.15) is 5.82 Å². The zero-order chi connectivity index (χ0) is 11.5. The number of carbonyl (C=O) groups is 1. The molecule has 0 radical (unpaired) electrons. The van der Waals surface area contributed by atoms with Crippen LogP contribution in [0.1, 0.15) is 23.2 Å². The molecular formula is C12H13BrFNO. The molecule has 0 aromatic heterocycles. The molecule has 0 saturated carbocycles. The summed E-state index contributed by atoms with van der Waals surface area (Å²) in [5, 5.41) is 0. The largest absolute Gasteiger partial charge is 0.296 e. The second-order valence-corrected chi connectivity index (χ2v) is 4.95. The van der Waals surface area contributed by atoms with Gasteiger partial charge in [0.2, 0.25) is 0 Å². The average molecular weight is 286 g/mol. The Bertz CT molecular complexity index is 402. The third-order valence-corrected chi connectivity index (χ3v) is 3.29. The Labute approximate surface area is 103 Å². The van der Waals surface area contributed by atoms with Gasteiger partial charge in [-0.25, -0.2) is 4.39 Å². The van der Waals surface area contributed by atoms with E-state index in [9.17, 15) is 9.18 Å². The molecule has 4 heteroatoms. The summed E-state index contributed by atoms with van der Waals surface area (Å²) >= 11 is 3.24. The van der Waals surface area contributed by atoms with Crippen molar-refractivity contribution in [2.24, 2.45) is 0 Å². The van der Waals surface area contributed by atoms with Crippen LogP contribution in [0.15, 0.2) is 22.7 Å². The number of likely N-dealkylation sites (tertiary alicyclic amines) is 1. The maximum absolute atomic E-state index is 13.4. The lowest BCUT2D eigenvalue weighted by Gasteiger charge is -2.13. The smallest absolute Gasteiger partial charge is 0.179 e. The van der Waals surface area contributed by atoms with E-state index in [2.05, 4.69) is 20.8 Å². The summed E-state index contributed by atoms with van der Waals surface area (Å²) in [7, 11) is 0. The zero-order valence-corrected chi connectivity index (χ0v) is 10.5. The van der Waals surface area contributed by atoms with E-state index in [1.165, 1.54) is 6.07 Å². The van der Waals surface area contributed by atoms with Crippen LogP contribution < -0.4 is 0 Å². The monoisotopic (exact) mass is 285 g/mol. The lowest BCUT2D eigenvalue weighted by molar-refractivity contribution is 0.0941. The summed E-state index contributed by atoms with van der Waals surface area (Å²) in [6, 6.07) is 4.47. The Morgan fingerprint density at radius 3 is 2.75 bits per heavy atom. The van der Waals surface area contributed by atoms with Crippen molar-refractivity contribution in [2.45, 2.75) is 12.8 Å². The van der Waals surface area contributed by atoms with Crippen LogP contribution >= 0.6 is 15.9 Å². The highest BCUT2D eigenvalue weighted by molar-refractivity contribution is 9.10. The second-order valence-electron chi connectivity index (χ2n) is 4.03. The van der Waals surface area contributed by atoms with E-state index in [1.54, 1.807) is 12.1 Å². The third kappa shape index (κ3) is 2.68. The van der Waals surface area contributed by atoms with Crippen LogP contribution in [0.3, 0.4) is 0 Å². The second kappa shape index (κ2) is 5.06. The van der Waals surface area contributed by atoms with Crippen molar-refractivity contribution in [1.29, 1.82) is 0 Å².